The van der Waals surface area contributed by atoms with Gasteiger partial charge in [-0.15, -0.1) is 0 Å². The van der Waals surface area contributed by atoms with E-state index in [1.165, 1.54) is 10.5 Å². The maximum absolute atomic E-state index is 12.8. The van der Waals surface area contributed by atoms with Crippen LogP contribution in [0.15, 0.2) is 24.3 Å². The molecule has 21 heavy (non-hydrogen) atoms. The Morgan fingerprint density at radius 2 is 2.05 bits per heavy atom. The molecule has 1 unspecified atom stereocenters. The molecular weight excluding hydrogens is 268 g/mol. The molecule has 1 heterocycles. The van der Waals surface area contributed by atoms with Crippen LogP contribution in [0.2, 0.25) is 0 Å². The van der Waals surface area contributed by atoms with Gasteiger partial charge in [0.15, 0.2) is 0 Å². The van der Waals surface area contributed by atoms with E-state index in [9.17, 15) is 9.59 Å². The lowest BCUT2D eigenvalue weighted by Gasteiger charge is -2.31. The number of fused-ring (bicyclic) bond motifs is 1. The van der Waals surface area contributed by atoms with Gasteiger partial charge < -0.3 is 15.3 Å². The van der Waals surface area contributed by atoms with Gasteiger partial charge in [0.1, 0.15) is 12.6 Å². The number of amides is 1. The molecule has 0 spiro atoms. The highest BCUT2D eigenvalue weighted by Crippen LogP contribution is 2.31. The largest absolute Gasteiger partial charge is 0.480 e. The zero-order chi connectivity index (χ0) is 14.8. The number of nitrogens with zero attached hydrogens (tertiary/aromatic N) is 1. The van der Waals surface area contributed by atoms with Crippen LogP contribution in [0.3, 0.4) is 0 Å². The first-order valence-electron chi connectivity index (χ1n) is 7.47. The Labute approximate surface area is 123 Å². The lowest BCUT2D eigenvalue weighted by molar-refractivity contribution is -0.145. The molecule has 5 nitrogen and oxygen atoms in total. The zero-order valence-corrected chi connectivity index (χ0v) is 11.9. The van der Waals surface area contributed by atoms with Gasteiger partial charge in [0, 0.05) is 13.1 Å². The zero-order valence-electron chi connectivity index (χ0n) is 11.9. The van der Waals surface area contributed by atoms with Crippen molar-refractivity contribution in [3.05, 3.63) is 35.4 Å². The highest BCUT2D eigenvalue weighted by molar-refractivity contribution is 5.87. The van der Waals surface area contributed by atoms with E-state index in [-0.39, 0.29) is 12.5 Å². The Kier molecular flexibility index (Phi) is 3.92. The Bertz CT molecular complexity index is 554. The third-order valence-electron chi connectivity index (χ3n) is 4.17. The summed E-state index contributed by atoms with van der Waals surface area (Å²) in [7, 11) is 0. The van der Waals surface area contributed by atoms with E-state index in [0.29, 0.717) is 12.5 Å². The standard InChI is InChI=1S/C16H20N2O3/c19-14(20)10-18(9-11-5-6-11)16(21)15-13-4-2-1-3-12(13)7-8-17-15/h1-4,11,15,17H,5-10H2,(H,19,20). The number of carbonyl (C=O) groups excluding carboxylic acids is 1. The minimum atomic E-state index is -0.951. The number of hydrogen-bond donors (Lipinski definition) is 2. The van der Waals surface area contributed by atoms with Gasteiger partial charge in [-0.05, 0) is 36.3 Å². The minimum Gasteiger partial charge on any atom is -0.480 e. The molecule has 2 N–H and O–H groups in total. The number of rotatable bonds is 5. The second kappa shape index (κ2) is 5.85. The Morgan fingerprint density at radius 1 is 1.29 bits per heavy atom. The maximum Gasteiger partial charge on any atom is 0.323 e. The summed E-state index contributed by atoms with van der Waals surface area (Å²) >= 11 is 0. The van der Waals surface area contributed by atoms with Crippen LogP contribution in [-0.2, 0) is 16.0 Å². The molecule has 112 valence electrons. The van der Waals surface area contributed by atoms with Crippen LogP contribution in [0, 0.1) is 5.92 Å². The Morgan fingerprint density at radius 3 is 2.76 bits per heavy atom. The van der Waals surface area contributed by atoms with E-state index in [1.807, 2.05) is 24.3 Å². The number of hydrogen-bond acceptors (Lipinski definition) is 3. The highest BCUT2D eigenvalue weighted by atomic mass is 16.4. The van der Waals surface area contributed by atoms with Gasteiger partial charge in [0.05, 0.1) is 0 Å². The van der Waals surface area contributed by atoms with Crippen LogP contribution in [0.5, 0.6) is 0 Å². The molecule has 1 aliphatic heterocycles. The average Bonchev–Trinajstić information content (AvgIpc) is 3.29. The summed E-state index contributed by atoms with van der Waals surface area (Å²) in [6, 6.07) is 7.49. The molecule has 1 saturated carbocycles. The lowest BCUT2D eigenvalue weighted by Crippen LogP contribution is -2.46. The van der Waals surface area contributed by atoms with Gasteiger partial charge >= 0.3 is 5.97 Å². The van der Waals surface area contributed by atoms with Crippen molar-refractivity contribution in [2.75, 3.05) is 19.6 Å². The number of aliphatic carboxylic acids is 1. The molecule has 0 bridgehead atoms. The molecule has 3 rings (SSSR count). The van der Waals surface area contributed by atoms with Crippen LogP contribution in [0.1, 0.15) is 30.0 Å². The summed E-state index contributed by atoms with van der Waals surface area (Å²) in [5.74, 6) is -0.586. The third-order valence-corrected chi connectivity index (χ3v) is 4.17. The fraction of sp³-hybridized carbons (Fsp3) is 0.500. The summed E-state index contributed by atoms with van der Waals surface area (Å²) in [6.07, 6.45) is 3.09. The first kappa shape index (κ1) is 14.1. The number of carboxylic acids is 1. The molecule has 1 aliphatic carbocycles. The summed E-state index contributed by atoms with van der Waals surface area (Å²) in [4.78, 5) is 25.3. The van der Waals surface area contributed by atoms with E-state index in [1.54, 1.807) is 0 Å². The number of carboxylic acid groups (broad SMARTS) is 1. The summed E-state index contributed by atoms with van der Waals surface area (Å²) in [5, 5.41) is 12.3. The van der Waals surface area contributed by atoms with E-state index >= 15 is 0 Å². The van der Waals surface area contributed by atoms with Gasteiger partial charge in [-0.25, -0.2) is 0 Å². The van der Waals surface area contributed by atoms with E-state index in [2.05, 4.69) is 5.32 Å². The first-order chi connectivity index (χ1) is 10.1. The van der Waals surface area contributed by atoms with Crippen LogP contribution < -0.4 is 5.32 Å². The fourth-order valence-corrected chi connectivity index (χ4v) is 2.92. The number of carbonyl (C=O) groups is 2. The summed E-state index contributed by atoms with van der Waals surface area (Å²) in [6.45, 7) is 1.10. The number of nitrogens with one attached hydrogen (secondary N) is 1. The summed E-state index contributed by atoms with van der Waals surface area (Å²) < 4.78 is 0. The molecule has 0 saturated heterocycles. The van der Waals surface area contributed by atoms with Crippen LogP contribution in [0.25, 0.3) is 0 Å². The minimum absolute atomic E-state index is 0.114. The summed E-state index contributed by atoms with van der Waals surface area (Å²) in [5.41, 5.74) is 2.16. The van der Waals surface area contributed by atoms with Crippen LogP contribution >= 0.6 is 0 Å². The Balaban J connectivity index is 1.80. The van der Waals surface area contributed by atoms with Gasteiger partial charge in [0.25, 0.3) is 0 Å². The van der Waals surface area contributed by atoms with Crippen LogP contribution in [-0.4, -0.2) is 41.5 Å². The monoisotopic (exact) mass is 288 g/mol. The quantitative estimate of drug-likeness (QED) is 0.854. The van der Waals surface area contributed by atoms with Crippen molar-refractivity contribution in [3.63, 3.8) is 0 Å². The van der Waals surface area contributed by atoms with Crippen molar-refractivity contribution in [2.24, 2.45) is 5.92 Å². The second-order valence-electron chi connectivity index (χ2n) is 5.89. The number of benzene rings is 1. The maximum atomic E-state index is 12.8. The predicted octanol–water partition coefficient (Wildman–Crippen LogP) is 1.20. The average molecular weight is 288 g/mol. The molecule has 5 heteroatoms. The van der Waals surface area contributed by atoms with Gasteiger partial charge in [-0.2, -0.15) is 0 Å². The highest BCUT2D eigenvalue weighted by Gasteiger charge is 2.33. The lowest BCUT2D eigenvalue weighted by atomic mass is 9.93. The molecule has 0 radical (unpaired) electrons. The smallest absolute Gasteiger partial charge is 0.323 e. The van der Waals surface area contributed by atoms with Crippen molar-refractivity contribution in [1.82, 2.24) is 10.2 Å². The van der Waals surface area contributed by atoms with Crippen molar-refractivity contribution in [3.8, 4) is 0 Å². The molecule has 1 amide bonds. The Hall–Kier alpha value is -1.88. The topological polar surface area (TPSA) is 69.6 Å². The molecule has 1 atom stereocenters. The van der Waals surface area contributed by atoms with Crippen molar-refractivity contribution >= 4 is 11.9 Å². The van der Waals surface area contributed by atoms with Crippen molar-refractivity contribution < 1.29 is 14.7 Å². The SMILES string of the molecule is O=C(O)CN(CC1CC1)C(=O)C1NCCc2ccccc21. The molecule has 2 aliphatic rings. The normalized spacial score (nSPS) is 20.7. The van der Waals surface area contributed by atoms with Crippen molar-refractivity contribution in [2.45, 2.75) is 25.3 Å². The van der Waals surface area contributed by atoms with Gasteiger partial charge in [-0.1, -0.05) is 24.3 Å². The van der Waals surface area contributed by atoms with Crippen LogP contribution in [0.4, 0.5) is 0 Å². The first-order valence-corrected chi connectivity index (χ1v) is 7.47. The molecule has 1 fully saturated rings. The van der Waals surface area contributed by atoms with E-state index in [0.717, 1.165) is 31.4 Å². The van der Waals surface area contributed by atoms with Gasteiger partial charge in [0.2, 0.25) is 5.91 Å². The fourth-order valence-electron chi connectivity index (χ4n) is 2.92. The predicted molar refractivity (Wildman–Crippen MR) is 77.8 cm³/mol. The molecule has 0 aromatic heterocycles. The second-order valence-corrected chi connectivity index (χ2v) is 5.89. The van der Waals surface area contributed by atoms with Crippen molar-refractivity contribution in [1.29, 1.82) is 0 Å². The van der Waals surface area contributed by atoms with Gasteiger partial charge in [-0.3, -0.25) is 9.59 Å². The van der Waals surface area contributed by atoms with E-state index in [4.69, 9.17) is 5.11 Å². The third kappa shape index (κ3) is 3.24. The molecule has 1 aromatic carbocycles. The molecular formula is C16H20N2O3. The van der Waals surface area contributed by atoms with E-state index < -0.39 is 12.0 Å². The molecule has 1 aromatic rings.